The van der Waals surface area contributed by atoms with Gasteiger partial charge in [0.25, 0.3) is 5.91 Å². The quantitative estimate of drug-likeness (QED) is 0.706. The molecule has 6 nitrogen and oxygen atoms in total. The number of hydrogen-bond acceptors (Lipinski definition) is 4. The molecule has 3 aromatic rings. The molecule has 0 unspecified atom stereocenters. The molecule has 0 aliphatic carbocycles. The van der Waals surface area contributed by atoms with Gasteiger partial charge >= 0.3 is 0 Å². The summed E-state index contributed by atoms with van der Waals surface area (Å²) in [4.78, 5) is 15.2. The van der Waals surface area contributed by atoms with E-state index in [4.69, 9.17) is 9.47 Å². The Balaban J connectivity index is 1.62. The maximum absolute atomic E-state index is 13.2. The van der Waals surface area contributed by atoms with Gasteiger partial charge in [-0.15, -0.1) is 0 Å². The number of fused-ring (bicyclic) bond motifs is 4. The SMILES string of the molecule is COc1cc2c(cc1OC)[C@H]1Cc3c(cnn3-c3ccccc3)C(=O)N1CC2. The van der Waals surface area contributed by atoms with Crippen LogP contribution in [0.3, 0.4) is 0 Å². The average molecular weight is 375 g/mol. The first-order valence-electron chi connectivity index (χ1n) is 9.39. The Bertz CT molecular complexity index is 1060. The molecule has 3 heterocycles. The zero-order valence-electron chi connectivity index (χ0n) is 15.9. The lowest BCUT2D eigenvalue weighted by atomic mass is 9.85. The summed E-state index contributed by atoms with van der Waals surface area (Å²) in [6, 6.07) is 14.0. The first-order valence-corrected chi connectivity index (χ1v) is 9.39. The van der Waals surface area contributed by atoms with Gasteiger partial charge in [0.2, 0.25) is 0 Å². The Morgan fingerprint density at radius 1 is 1.07 bits per heavy atom. The number of aromatic nitrogens is 2. The van der Waals surface area contributed by atoms with E-state index in [2.05, 4.69) is 5.10 Å². The molecule has 0 fully saturated rings. The molecular formula is C22H21N3O3. The van der Waals surface area contributed by atoms with Gasteiger partial charge in [0.05, 0.1) is 43.4 Å². The summed E-state index contributed by atoms with van der Waals surface area (Å²) in [6.07, 6.45) is 3.23. The fraction of sp³-hybridized carbons (Fsp3) is 0.273. The van der Waals surface area contributed by atoms with Crippen molar-refractivity contribution in [1.82, 2.24) is 14.7 Å². The van der Waals surface area contributed by atoms with E-state index in [0.29, 0.717) is 17.9 Å². The summed E-state index contributed by atoms with van der Waals surface area (Å²) in [6.45, 7) is 0.696. The van der Waals surface area contributed by atoms with E-state index < -0.39 is 0 Å². The Hall–Kier alpha value is -3.28. The van der Waals surface area contributed by atoms with Crippen LogP contribution in [0.5, 0.6) is 11.5 Å². The average Bonchev–Trinajstić information content (AvgIpc) is 3.17. The topological polar surface area (TPSA) is 56.6 Å². The molecule has 2 aliphatic rings. The minimum atomic E-state index is -0.0253. The van der Waals surface area contributed by atoms with Crippen molar-refractivity contribution in [3.63, 3.8) is 0 Å². The summed E-state index contributed by atoms with van der Waals surface area (Å²) in [7, 11) is 3.29. The lowest BCUT2D eigenvalue weighted by molar-refractivity contribution is 0.0629. The molecule has 0 saturated carbocycles. The monoisotopic (exact) mass is 375 g/mol. The minimum Gasteiger partial charge on any atom is -0.493 e. The van der Waals surface area contributed by atoms with Crippen molar-refractivity contribution in [1.29, 1.82) is 0 Å². The van der Waals surface area contributed by atoms with Gasteiger partial charge in [0.1, 0.15) is 0 Å². The third-order valence-electron chi connectivity index (χ3n) is 5.75. The molecule has 1 amide bonds. The predicted molar refractivity (Wildman–Crippen MR) is 104 cm³/mol. The van der Waals surface area contributed by atoms with Crippen molar-refractivity contribution >= 4 is 5.91 Å². The molecule has 0 bridgehead atoms. The number of amides is 1. The maximum Gasteiger partial charge on any atom is 0.257 e. The summed E-state index contributed by atoms with van der Waals surface area (Å²) in [5, 5.41) is 4.52. The number of rotatable bonds is 3. The van der Waals surface area contributed by atoms with Crippen LogP contribution in [0.25, 0.3) is 5.69 Å². The highest BCUT2D eigenvalue weighted by Crippen LogP contribution is 2.42. The molecule has 6 heteroatoms. The number of hydrogen-bond donors (Lipinski definition) is 0. The van der Waals surface area contributed by atoms with Crippen LogP contribution >= 0.6 is 0 Å². The fourth-order valence-corrected chi connectivity index (χ4v) is 4.37. The third-order valence-corrected chi connectivity index (χ3v) is 5.75. The largest absolute Gasteiger partial charge is 0.493 e. The number of benzene rings is 2. The van der Waals surface area contributed by atoms with Crippen LogP contribution in [0.4, 0.5) is 0 Å². The summed E-state index contributed by atoms with van der Waals surface area (Å²) < 4.78 is 12.9. The smallest absolute Gasteiger partial charge is 0.257 e. The predicted octanol–water partition coefficient (Wildman–Crippen LogP) is 3.19. The number of para-hydroxylation sites is 1. The van der Waals surface area contributed by atoms with Crippen molar-refractivity contribution in [3.05, 3.63) is 71.0 Å². The van der Waals surface area contributed by atoms with Gasteiger partial charge in [-0.3, -0.25) is 4.79 Å². The molecule has 28 heavy (non-hydrogen) atoms. The first kappa shape index (κ1) is 16.9. The molecule has 2 aromatic carbocycles. The number of ether oxygens (including phenoxy) is 2. The van der Waals surface area contributed by atoms with Crippen molar-refractivity contribution < 1.29 is 14.3 Å². The highest BCUT2D eigenvalue weighted by atomic mass is 16.5. The Labute approximate surface area is 163 Å². The van der Waals surface area contributed by atoms with Crippen LogP contribution in [0.15, 0.2) is 48.7 Å². The van der Waals surface area contributed by atoms with Crippen LogP contribution in [0, 0.1) is 0 Å². The molecule has 5 rings (SSSR count). The number of methoxy groups -OCH3 is 2. The molecule has 2 aliphatic heterocycles. The van der Waals surface area contributed by atoms with Gasteiger partial charge < -0.3 is 14.4 Å². The molecule has 1 aromatic heterocycles. The summed E-state index contributed by atoms with van der Waals surface area (Å²) in [5.74, 6) is 1.47. The van der Waals surface area contributed by atoms with Gasteiger partial charge in [-0.25, -0.2) is 4.68 Å². The summed E-state index contributed by atoms with van der Waals surface area (Å²) >= 11 is 0. The zero-order chi connectivity index (χ0) is 19.3. The fourth-order valence-electron chi connectivity index (χ4n) is 4.37. The highest BCUT2D eigenvalue weighted by Gasteiger charge is 2.39. The van der Waals surface area contributed by atoms with E-state index in [-0.39, 0.29) is 11.9 Å². The van der Waals surface area contributed by atoms with Crippen LogP contribution in [-0.2, 0) is 12.8 Å². The van der Waals surface area contributed by atoms with Crippen molar-refractivity contribution in [2.45, 2.75) is 18.9 Å². The molecule has 142 valence electrons. The van der Waals surface area contributed by atoms with Crippen LogP contribution in [0.1, 0.15) is 33.2 Å². The maximum atomic E-state index is 13.2. The molecule has 1 atom stereocenters. The van der Waals surface area contributed by atoms with Gasteiger partial charge in [0.15, 0.2) is 11.5 Å². The van der Waals surface area contributed by atoms with Crippen molar-refractivity contribution in [2.24, 2.45) is 0 Å². The summed E-state index contributed by atoms with van der Waals surface area (Å²) in [5.41, 5.74) is 4.96. The Kier molecular flexibility index (Phi) is 3.86. The highest BCUT2D eigenvalue weighted by molar-refractivity contribution is 5.97. The van der Waals surface area contributed by atoms with E-state index in [9.17, 15) is 4.79 Å². The standard InChI is InChI=1S/C22H21N3O3/c1-27-20-10-14-8-9-24-18(16(14)11-21(20)28-2)12-19-17(22(24)26)13-23-25(19)15-6-4-3-5-7-15/h3-7,10-11,13,18H,8-9,12H2,1-2H3/t18-/m1/s1. The van der Waals surface area contributed by atoms with Gasteiger partial charge in [0, 0.05) is 13.0 Å². The second-order valence-electron chi connectivity index (χ2n) is 7.13. The second-order valence-corrected chi connectivity index (χ2v) is 7.13. The van der Waals surface area contributed by atoms with Crippen LogP contribution in [-0.4, -0.2) is 41.4 Å². The van der Waals surface area contributed by atoms with E-state index in [1.54, 1.807) is 20.4 Å². The van der Waals surface area contributed by atoms with E-state index in [1.807, 2.05) is 52.0 Å². The Morgan fingerprint density at radius 3 is 2.57 bits per heavy atom. The lowest BCUT2D eigenvalue weighted by Gasteiger charge is -2.40. The number of nitrogens with zero attached hydrogens (tertiary/aromatic N) is 3. The normalized spacial score (nSPS) is 17.6. The number of carbonyl (C=O) groups is 1. The Morgan fingerprint density at radius 2 is 1.82 bits per heavy atom. The van der Waals surface area contributed by atoms with Crippen molar-refractivity contribution in [3.8, 4) is 17.2 Å². The van der Waals surface area contributed by atoms with Crippen LogP contribution < -0.4 is 9.47 Å². The van der Waals surface area contributed by atoms with Crippen molar-refractivity contribution in [2.75, 3.05) is 20.8 Å². The van der Waals surface area contributed by atoms with E-state index >= 15 is 0 Å². The van der Waals surface area contributed by atoms with Gasteiger partial charge in [-0.1, -0.05) is 18.2 Å². The van der Waals surface area contributed by atoms with Gasteiger partial charge in [-0.05, 0) is 41.8 Å². The van der Waals surface area contributed by atoms with Crippen LogP contribution in [0.2, 0.25) is 0 Å². The number of carbonyl (C=O) groups excluding carboxylic acids is 1. The lowest BCUT2D eigenvalue weighted by Crippen LogP contribution is -2.44. The molecule has 0 N–H and O–H groups in total. The molecular weight excluding hydrogens is 354 g/mol. The zero-order valence-corrected chi connectivity index (χ0v) is 15.9. The van der Waals surface area contributed by atoms with Gasteiger partial charge in [-0.2, -0.15) is 5.10 Å². The first-order chi connectivity index (χ1) is 13.7. The molecule has 0 radical (unpaired) electrons. The molecule has 0 spiro atoms. The molecule has 0 saturated heterocycles. The third kappa shape index (κ3) is 2.41. The van der Waals surface area contributed by atoms with E-state index in [1.165, 1.54) is 5.56 Å². The minimum absolute atomic E-state index is 0.0253. The van der Waals surface area contributed by atoms with E-state index in [0.717, 1.165) is 35.5 Å². The second kappa shape index (κ2) is 6.41.